The Hall–Kier alpha value is -1.47. The van der Waals surface area contributed by atoms with Crippen molar-refractivity contribution in [1.82, 2.24) is 0 Å². The molecule has 0 saturated heterocycles. The van der Waals surface area contributed by atoms with Crippen LogP contribution in [0.2, 0.25) is 0 Å². The molecule has 0 spiro atoms. The van der Waals surface area contributed by atoms with Crippen molar-refractivity contribution in [2.75, 3.05) is 0 Å². The fourth-order valence-electron chi connectivity index (χ4n) is 1.50. The minimum Gasteiger partial charge on any atom is -0.399 e. The second-order valence-electron chi connectivity index (χ2n) is 3.33. The lowest BCUT2D eigenvalue weighted by Crippen LogP contribution is -1.93. The second-order valence-corrected chi connectivity index (χ2v) is 3.33. The van der Waals surface area contributed by atoms with Gasteiger partial charge in [-0.25, -0.2) is 0 Å². The molecule has 0 amide bonds. The van der Waals surface area contributed by atoms with Gasteiger partial charge < -0.3 is 5.73 Å². The summed E-state index contributed by atoms with van der Waals surface area (Å²) in [5.41, 5.74) is 9.12. The maximum atomic E-state index is 5.75. The summed E-state index contributed by atoms with van der Waals surface area (Å²) in [5.74, 6) is 0. The normalized spacial score (nSPS) is 18.5. The molecule has 0 unspecified atom stereocenters. The molecule has 2 aliphatic carbocycles. The van der Waals surface area contributed by atoms with Gasteiger partial charge in [-0.15, -0.1) is 12.4 Å². The molecule has 0 saturated carbocycles. The first-order valence-electron chi connectivity index (χ1n) is 4.74. The van der Waals surface area contributed by atoms with Crippen molar-refractivity contribution in [3.05, 3.63) is 71.5 Å². The van der Waals surface area contributed by atoms with Gasteiger partial charge in [0.15, 0.2) is 0 Å². The molecule has 0 heterocycles. The first-order chi connectivity index (χ1) is 6.86. The van der Waals surface area contributed by atoms with Crippen LogP contribution in [-0.2, 0) is 0 Å². The fraction of sp³-hybridized carbons (Fsp3) is 0.0769. The molecule has 1 nitrogen and oxygen atoms in total. The van der Waals surface area contributed by atoms with Crippen molar-refractivity contribution < 1.29 is 0 Å². The molecule has 2 aliphatic rings. The zero-order valence-corrected chi connectivity index (χ0v) is 9.21. The fourth-order valence-corrected chi connectivity index (χ4v) is 1.50. The predicted molar refractivity (Wildman–Crippen MR) is 67.7 cm³/mol. The standard InChI is InChI=1S/C13H13N.ClH/c14-13-8-4-3-6-11-5-1-2-7-12(11)9-10-13;/h1-4,6-10H,5,14H2;1H. The molecular weight excluding hydrogens is 206 g/mol. The highest BCUT2D eigenvalue weighted by Gasteiger charge is 2.02. The maximum absolute atomic E-state index is 5.75. The van der Waals surface area contributed by atoms with Crippen LogP contribution in [0.3, 0.4) is 0 Å². The average molecular weight is 220 g/mol. The summed E-state index contributed by atoms with van der Waals surface area (Å²) in [5, 5.41) is 0. The molecular formula is C13H14ClN. The molecule has 2 N–H and O–H groups in total. The SMILES string of the molecule is Cl.NC1=CC=CC=C2CC=CC=C2C=C1. The summed E-state index contributed by atoms with van der Waals surface area (Å²) in [6, 6.07) is 0. The third-order valence-corrected chi connectivity index (χ3v) is 2.27. The Labute approximate surface area is 96.5 Å². The van der Waals surface area contributed by atoms with Gasteiger partial charge in [-0.2, -0.15) is 0 Å². The third kappa shape index (κ3) is 3.00. The third-order valence-electron chi connectivity index (χ3n) is 2.27. The molecule has 0 fully saturated rings. The van der Waals surface area contributed by atoms with Crippen LogP contribution in [0.1, 0.15) is 6.42 Å². The summed E-state index contributed by atoms with van der Waals surface area (Å²) in [6.45, 7) is 0. The topological polar surface area (TPSA) is 26.0 Å². The lowest BCUT2D eigenvalue weighted by atomic mass is 9.97. The molecule has 0 radical (unpaired) electrons. The Balaban J connectivity index is 0.00000112. The Bertz CT molecular complexity index is 406. The van der Waals surface area contributed by atoms with Gasteiger partial charge in [-0.1, -0.05) is 42.5 Å². The Morgan fingerprint density at radius 1 is 0.933 bits per heavy atom. The minimum atomic E-state index is 0. The van der Waals surface area contributed by atoms with E-state index in [1.54, 1.807) is 0 Å². The summed E-state index contributed by atoms with van der Waals surface area (Å²) < 4.78 is 0. The lowest BCUT2D eigenvalue weighted by Gasteiger charge is -2.08. The van der Waals surface area contributed by atoms with E-state index in [9.17, 15) is 0 Å². The van der Waals surface area contributed by atoms with Crippen molar-refractivity contribution in [2.45, 2.75) is 6.42 Å². The van der Waals surface area contributed by atoms with Crippen LogP contribution in [0.4, 0.5) is 0 Å². The van der Waals surface area contributed by atoms with Crippen LogP contribution < -0.4 is 5.73 Å². The average Bonchev–Trinajstić information content (AvgIpc) is 2.30. The number of hydrogen-bond acceptors (Lipinski definition) is 1. The largest absolute Gasteiger partial charge is 0.399 e. The molecule has 15 heavy (non-hydrogen) atoms. The van der Waals surface area contributed by atoms with E-state index < -0.39 is 0 Å². The van der Waals surface area contributed by atoms with Gasteiger partial charge in [-0.05, 0) is 29.7 Å². The van der Waals surface area contributed by atoms with Crippen molar-refractivity contribution in [3.8, 4) is 0 Å². The van der Waals surface area contributed by atoms with Crippen molar-refractivity contribution in [3.63, 3.8) is 0 Å². The van der Waals surface area contributed by atoms with Crippen LogP contribution in [0.5, 0.6) is 0 Å². The highest BCUT2D eigenvalue weighted by molar-refractivity contribution is 5.85. The molecule has 0 aromatic rings. The van der Waals surface area contributed by atoms with E-state index in [2.05, 4.69) is 30.4 Å². The van der Waals surface area contributed by atoms with E-state index in [4.69, 9.17) is 5.73 Å². The van der Waals surface area contributed by atoms with Gasteiger partial charge in [0.2, 0.25) is 0 Å². The van der Waals surface area contributed by atoms with Crippen LogP contribution in [0.25, 0.3) is 0 Å². The smallest absolute Gasteiger partial charge is 0.0314 e. The number of halogens is 1. The molecule has 78 valence electrons. The van der Waals surface area contributed by atoms with Crippen molar-refractivity contribution >= 4 is 12.4 Å². The van der Waals surface area contributed by atoms with E-state index in [-0.39, 0.29) is 12.4 Å². The summed E-state index contributed by atoms with van der Waals surface area (Å²) in [7, 11) is 0. The van der Waals surface area contributed by atoms with Crippen molar-refractivity contribution in [2.24, 2.45) is 5.73 Å². The monoisotopic (exact) mass is 219 g/mol. The molecule has 2 rings (SSSR count). The van der Waals surface area contributed by atoms with E-state index in [0.717, 1.165) is 12.1 Å². The molecule has 0 atom stereocenters. The van der Waals surface area contributed by atoms with E-state index in [1.165, 1.54) is 11.1 Å². The number of hydrogen-bond donors (Lipinski definition) is 1. The van der Waals surface area contributed by atoms with Gasteiger partial charge in [0.25, 0.3) is 0 Å². The van der Waals surface area contributed by atoms with Gasteiger partial charge in [0, 0.05) is 5.70 Å². The van der Waals surface area contributed by atoms with Crippen LogP contribution >= 0.6 is 12.4 Å². The first kappa shape index (κ1) is 11.6. The Morgan fingerprint density at radius 3 is 2.60 bits per heavy atom. The molecule has 0 aromatic heterocycles. The molecule has 0 bridgehead atoms. The van der Waals surface area contributed by atoms with E-state index >= 15 is 0 Å². The van der Waals surface area contributed by atoms with Gasteiger partial charge in [0.05, 0.1) is 0 Å². The van der Waals surface area contributed by atoms with E-state index in [1.807, 2.05) is 24.3 Å². The second kappa shape index (κ2) is 5.42. The van der Waals surface area contributed by atoms with Gasteiger partial charge >= 0.3 is 0 Å². The number of rotatable bonds is 0. The lowest BCUT2D eigenvalue weighted by molar-refractivity contribution is 1.22. The number of nitrogens with two attached hydrogens (primary N) is 1. The van der Waals surface area contributed by atoms with Crippen LogP contribution in [0, 0.1) is 0 Å². The first-order valence-corrected chi connectivity index (χ1v) is 4.74. The molecule has 2 heteroatoms. The summed E-state index contributed by atoms with van der Waals surface area (Å²) in [4.78, 5) is 0. The molecule has 0 aliphatic heterocycles. The predicted octanol–water partition coefficient (Wildman–Crippen LogP) is 3.19. The number of allylic oxidation sites excluding steroid dienone is 11. The zero-order valence-electron chi connectivity index (χ0n) is 8.39. The van der Waals surface area contributed by atoms with Crippen molar-refractivity contribution in [1.29, 1.82) is 0 Å². The Kier molecular flexibility index (Phi) is 4.19. The highest BCUT2D eigenvalue weighted by Crippen LogP contribution is 2.21. The quantitative estimate of drug-likeness (QED) is 0.666. The minimum absolute atomic E-state index is 0. The van der Waals surface area contributed by atoms with Gasteiger partial charge in [0.1, 0.15) is 0 Å². The zero-order chi connectivity index (χ0) is 9.80. The van der Waals surface area contributed by atoms with Gasteiger partial charge in [-0.3, -0.25) is 0 Å². The highest BCUT2D eigenvalue weighted by atomic mass is 35.5. The van der Waals surface area contributed by atoms with Crippen LogP contribution in [-0.4, -0.2) is 0 Å². The number of fused-ring (bicyclic) bond motifs is 1. The van der Waals surface area contributed by atoms with Crippen LogP contribution in [0.15, 0.2) is 71.5 Å². The van der Waals surface area contributed by atoms with E-state index in [0.29, 0.717) is 0 Å². The summed E-state index contributed by atoms with van der Waals surface area (Å²) >= 11 is 0. The Morgan fingerprint density at radius 2 is 1.73 bits per heavy atom. The maximum Gasteiger partial charge on any atom is 0.0314 e. The molecule has 0 aromatic carbocycles. The summed E-state index contributed by atoms with van der Waals surface area (Å²) in [6.07, 6.45) is 19.4.